The fourth-order valence-corrected chi connectivity index (χ4v) is 2.56. The monoisotopic (exact) mass is 275 g/mol. The van der Waals surface area contributed by atoms with Crippen molar-refractivity contribution in [3.05, 3.63) is 29.8 Å². The van der Waals surface area contributed by atoms with Crippen molar-refractivity contribution in [2.24, 2.45) is 0 Å². The van der Waals surface area contributed by atoms with Crippen LogP contribution in [-0.4, -0.2) is 36.9 Å². The second-order valence-electron chi connectivity index (χ2n) is 5.60. The van der Waals surface area contributed by atoms with Gasteiger partial charge in [-0.3, -0.25) is 0 Å². The Hall–Kier alpha value is -1.35. The minimum absolute atomic E-state index is 0.243. The molecular weight excluding hydrogens is 250 g/mol. The highest BCUT2D eigenvalue weighted by molar-refractivity contribution is 5.75. The van der Waals surface area contributed by atoms with Crippen LogP contribution in [0.3, 0.4) is 0 Å². The number of ether oxygens (including phenoxy) is 1. The van der Waals surface area contributed by atoms with Crippen molar-refractivity contribution in [2.45, 2.75) is 39.0 Å². The van der Waals surface area contributed by atoms with E-state index in [9.17, 15) is 4.79 Å². The predicted molar refractivity (Wildman–Crippen MR) is 81.2 cm³/mol. The van der Waals surface area contributed by atoms with Crippen molar-refractivity contribution in [1.29, 1.82) is 0 Å². The van der Waals surface area contributed by atoms with Crippen molar-refractivity contribution in [3.8, 4) is 5.75 Å². The molecule has 1 heterocycles. The number of nitrogens with zero attached hydrogens (tertiary/aromatic N) is 1. The number of carbonyl (C=O) groups excluding carboxylic acids is 1. The summed E-state index contributed by atoms with van der Waals surface area (Å²) >= 11 is 0. The highest BCUT2D eigenvalue weighted by Gasteiger charge is 2.10. The van der Waals surface area contributed by atoms with Crippen molar-refractivity contribution in [2.75, 3.05) is 26.2 Å². The van der Waals surface area contributed by atoms with Crippen LogP contribution in [0.25, 0.3) is 0 Å². The Morgan fingerprint density at radius 2 is 1.90 bits per heavy atom. The summed E-state index contributed by atoms with van der Waals surface area (Å²) in [5.74, 6) is 1.17. The predicted octanol–water partition coefficient (Wildman–Crippen LogP) is 3.07. The van der Waals surface area contributed by atoms with Gasteiger partial charge in [0.25, 0.3) is 0 Å². The van der Waals surface area contributed by atoms with Gasteiger partial charge in [-0.2, -0.15) is 0 Å². The zero-order chi connectivity index (χ0) is 14.2. The zero-order valence-electron chi connectivity index (χ0n) is 12.4. The van der Waals surface area contributed by atoms with Gasteiger partial charge in [-0.25, -0.2) is 0 Å². The van der Waals surface area contributed by atoms with Crippen molar-refractivity contribution in [3.63, 3.8) is 0 Å². The number of ketones is 1. The van der Waals surface area contributed by atoms with Crippen molar-refractivity contribution < 1.29 is 9.53 Å². The van der Waals surface area contributed by atoms with E-state index in [1.165, 1.54) is 31.5 Å². The Kier molecular flexibility index (Phi) is 6.06. The summed E-state index contributed by atoms with van der Waals surface area (Å²) in [4.78, 5) is 13.4. The first-order valence-electron chi connectivity index (χ1n) is 7.67. The average molecular weight is 275 g/mol. The third-order valence-corrected chi connectivity index (χ3v) is 3.78. The van der Waals surface area contributed by atoms with E-state index in [-0.39, 0.29) is 5.78 Å². The van der Waals surface area contributed by atoms with Crippen LogP contribution in [0, 0.1) is 0 Å². The number of rotatable bonds is 8. The number of hydrogen-bond acceptors (Lipinski definition) is 3. The molecular formula is C17H25NO2. The summed E-state index contributed by atoms with van der Waals surface area (Å²) < 4.78 is 5.75. The quantitative estimate of drug-likeness (QED) is 0.683. The largest absolute Gasteiger partial charge is 0.494 e. The molecule has 1 aliphatic rings. The van der Waals surface area contributed by atoms with Gasteiger partial charge in [0, 0.05) is 13.0 Å². The maximum Gasteiger partial charge on any atom is 0.130 e. The normalized spacial score (nSPS) is 15.4. The van der Waals surface area contributed by atoms with E-state index in [0.717, 1.165) is 31.7 Å². The fourth-order valence-electron chi connectivity index (χ4n) is 2.56. The van der Waals surface area contributed by atoms with Crippen LogP contribution in [0.15, 0.2) is 24.3 Å². The lowest BCUT2D eigenvalue weighted by atomic mass is 10.1. The van der Waals surface area contributed by atoms with Crippen LogP contribution in [0.1, 0.15) is 38.2 Å². The molecule has 1 aliphatic heterocycles. The molecule has 0 aromatic heterocycles. The standard InChI is InChI=1S/C17H25NO2/c1-15(19)5-6-16-7-9-17(10-8-16)20-14-4-13-18-11-2-3-12-18/h7-10H,2-6,11-14H2,1H3. The number of aryl methyl sites for hydroxylation is 1. The second-order valence-corrected chi connectivity index (χ2v) is 5.60. The summed E-state index contributed by atoms with van der Waals surface area (Å²) in [6, 6.07) is 8.12. The minimum atomic E-state index is 0.243. The summed E-state index contributed by atoms with van der Waals surface area (Å²) in [6.45, 7) is 6.08. The highest BCUT2D eigenvalue weighted by atomic mass is 16.5. The summed E-state index contributed by atoms with van der Waals surface area (Å²) in [7, 11) is 0. The molecule has 0 atom stereocenters. The van der Waals surface area contributed by atoms with Crippen LogP contribution in [0.5, 0.6) is 5.75 Å². The molecule has 0 spiro atoms. The Labute approximate surface area is 121 Å². The highest BCUT2D eigenvalue weighted by Crippen LogP contribution is 2.14. The fraction of sp³-hybridized carbons (Fsp3) is 0.588. The third kappa shape index (κ3) is 5.33. The first-order valence-corrected chi connectivity index (χ1v) is 7.67. The second kappa shape index (κ2) is 8.05. The van der Waals surface area contributed by atoms with E-state index in [1.54, 1.807) is 6.92 Å². The molecule has 0 N–H and O–H groups in total. The van der Waals surface area contributed by atoms with Gasteiger partial charge in [-0.15, -0.1) is 0 Å². The van der Waals surface area contributed by atoms with Crippen molar-refractivity contribution in [1.82, 2.24) is 4.90 Å². The third-order valence-electron chi connectivity index (χ3n) is 3.78. The number of Topliss-reactive ketones (excluding diaryl/α,β-unsaturated/α-hetero) is 1. The summed E-state index contributed by atoms with van der Waals surface area (Å²) in [5.41, 5.74) is 1.20. The zero-order valence-corrected chi connectivity index (χ0v) is 12.4. The van der Waals surface area contributed by atoms with E-state index in [2.05, 4.69) is 17.0 Å². The van der Waals surface area contributed by atoms with Crippen LogP contribution >= 0.6 is 0 Å². The maximum atomic E-state index is 10.9. The van der Waals surface area contributed by atoms with Crippen molar-refractivity contribution >= 4 is 5.78 Å². The Morgan fingerprint density at radius 3 is 2.55 bits per heavy atom. The molecule has 3 nitrogen and oxygen atoms in total. The molecule has 0 radical (unpaired) electrons. The first-order chi connectivity index (χ1) is 9.74. The van der Waals surface area contributed by atoms with Gasteiger partial charge in [-0.1, -0.05) is 12.1 Å². The van der Waals surface area contributed by atoms with E-state index in [1.807, 2.05) is 12.1 Å². The minimum Gasteiger partial charge on any atom is -0.494 e. The van der Waals surface area contributed by atoms with Crippen LogP contribution < -0.4 is 4.74 Å². The lowest BCUT2D eigenvalue weighted by molar-refractivity contribution is -0.116. The van der Waals surface area contributed by atoms with Gasteiger partial charge in [0.15, 0.2) is 0 Å². The van der Waals surface area contributed by atoms with Gasteiger partial charge in [-0.05, 0) is 63.4 Å². The number of benzene rings is 1. The first kappa shape index (κ1) is 15.0. The van der Waals surface area contributed by atoms with Gasteiger partial charge in [0.2, 0.25) is 0 Å². The molecule has 0 saturated carbocycles. The molecule has 3 heteroatoms. The maximum absolute atomic E-state index is 10.9. The van der Waals surface area contributed by atoms with Gasteiger partial charge >= 0.3 is 0 Å². The molecule has 1 aromatic carbocycles. The van der Waals surface area contributed by atoms with Crippen LogP contribution in [0.4, 0.5) is 0 Å². The van der Waals surface area contributed by atoms with Gasteiger partial charge in [0.1, 0.15) is 11.5 Å². The topological polar surface area (TPSA) is 29.5 Å². The molecule has 0 bridgehead atoms. The molecule has 110 valence electrons. The van der Waals surface area contributed by atoms with E-state index in [4.69, 9.17) is 4.74 Å². The molecule has 0 aliphatic carbocycles. The molecule has 0 amide bonds. The Balaban J connectivity index is 1.64. The average Bonchev–Trinajstić information content (AvgIpc) is 2.96. The molecule has 0 unspecified atom stereocenters. The molecule has 1 saturated heterocycles. The molecule has 1 fully saturated rings. The van der Waals surface area contributed by atoms with E-state index in [0.29, 0.717) is 6.42 Å². The van der Waals surface area contributed by atoms with Crippen LogP contribution in [0.2, 0.25) is 0 Å². The molecule has 2 rings (SSSR count). The van der Waals surface area contributed by atoms with E-state index < -0.39 is 0 Å². The number of hydrogen-bond donors (Lipinski definition) is 0. The SMILES string of the molecule is CC(=O)CCc1ccc(OCCCN2CCCC2)cc1. The van der Waals surface area contributed by atoms with Gasteiger partial charge < -0.3 is 14.4 Å². The summed E-state index contributed by atoms with van der Waals surface area (Å²) in [5, 5.41) is 0. The van der Waals surface area contributed by atoms with Crippen LogP contribution in [-0.2, 0) is 11.2 Å². The molecule has 20 heavy (non-hydrogen) atoms. The lowest BCUT2D eigenvalue weighted by Crippen LogP contribution is -2.21. The number of likely N-dealkylation sites (tertiary alicyclic amines) is 1. The van der Waals surface area contributed by atoms with E-state index >= 15 is 0 Å². The summed E-state index contributed by atoms with van der Waals surface area (Å²) in [6.07, 6.45) is 5.23. The lowest BCUT2D eigenvalue weighted by Gasteiger charge is -2.14. The Morgan fingerprint density at radius 1 is 1.20 bits per heavy atom. The molecule has 1 aromatic rings. The number of carbonyl (C=O) groups is 1. The Bertz CT molecular complexity index is 408. The van der Waals surface area contributed by atoms with Gasteiger partial charge in [0.05, 0.1) is 6.61 Å². The smallest absolute Gasteiger partial charge is 0.130 e.